The lowest BCUT2D eigenvalue weighted by Crippen LogP contribution is -2.06. The number of halogens is 1. The summed E-state index contributed by atoms with van der Waals surface area (Å²) in [5.74, 6) is 1.66. The van der Waals surface area contributed by atoms with Gasteiger partial charge in [-0.1, -0.05) is 6.92 Å². The highest BCUT2D eigenvalue weighted by Gasteiger charge is 2.26. The van der Waals surface area contributed by atoms with Gasteiger partial charge < -0.3 is 9.88 Å². The third-order valence-corrected chi connectivity index (χ3v) is 4.46. The van der Waals surface area contributed by atoms with Gasteiger partial charge in [-0.2, -0.15) is 0 Å². The van der Waals surface area contributed by atoms with Crippen molar-refractivity contribution in [2.45, 2.75) is 32.2 Å². The molecule has 3 rings (SSSR count). The highest BCUT2D eigenvalue weighted by Crippen LogP contribution is 2.38. The molecule has 1 saturated carbocycles. The molecule has 2 aromatic heterocycles. The summed E-state index contributed by atoms with van der Waals surface area (Å²) in [4.78, 5) is 13.6. The fourth-order valence-electron chi connectivity index (χ4n) is 2.13. The molecule has 0 unspecified atom stereocenters. The first-order valence-corrected chi connectivity index (χ1v) is 7.58. The molecule has 2 aromatic rings. The zero-order valence-corrected chi connectivity index (χ0v) is 13.2. The third kappa shape index (κ3) is 2.33. The standard InChI is InChI=1S/C13H16IN5/c1-3-9-11(14)13(15-2)18-12(17-9)10-6-16-7-19(10)8-4-5-8/h6-8H,3-5H2,1-2H3,(H,15,17,18). The van der Waals surface area contributed by atoms with E-state index in [-0.39, 0.29) is 0 Å². The Hall–Kier alpha value is -1.18. The summed E-state index contributed by atoms with van der Waals surface area (Å²) in [6.45, 7) is 2.12. The highest BCUT2D eigenvalue weighted by molar-refractivity contribution is 14.1. The van der Waals surface area contributed by atoms with Gasteiger partial charge in [0.05, 0.1) is 21.8 Å². The first-order chi connectivity index (χ1) is 9.24. The maximum Gasteiger partial charge on any atom is 0.180 e. The van der Waals surface area contributed by atoms with Crippen molar-refractivity contribution in [3.8, 4) is 11.5 Å². The number of nitrogens with zero attached hydrogens (tertiary/aromatic N) is 4. The van der Waals surface area contributed by atoms with Gasteiger partial charge in [-0.25, -0.2) is 15.0 Å². The number of aryl methyl sites for hydroxylation is 1. The molecule has 1 aliphatic rings. The normalized spacial score (nSPS) is 14.7. The molecule has 5 nitrogen and oxygen atoms in total. The minimum absolute atomic E-state index is 0.587. The molecular formula is C13H16IN5. The van der Waals surface area contributed by atoms with E-state index < -0.39 is 0 Å². The van der Waals surface area contributed by atoms with E-state index in [9.17, 15) is 0 Å². The Balaban J connectivity index is 2.11. The Kier molecular flexibility index (Phi) is 3.42. The molecule has 0 radical (unpaired) electrons. The quantitative estimate of drug-likeness (QED) is 0.843. The van der Waals surface area contributed by atoms with Crippen molar-refractivity contribution in [3.05, 3.63) is 21.8 Å². The Labute approximate surface area is 126 Å². The van der Waals surface area contributed by atoms with Crippen molar-refractivity contribution in [2.24, 2.45) is 0 Å². The molecule has 0 amide bonds. The van der Waals surface area contributed by atoms with Gasteiger partial charge in [-0.05, 0) is 41.9 Å². The summed E-state index contributed by atoms with van der Waals surface area (Å²) in [5, 5.41) is 3.15. The number of anilines is 1. The lowest BCUT2D eigenvalue weighted by Gasteiger charge is -2.11. The number of nitrogens with one attached hydrogen (secondary N) is 1. The molecule has 0 spiro atoms. The van der Waals surface area contributed by atoms with E-state index in [1.807, 2.05) is 19.6 Å². The summed E-state index contributed by atoms with van der Waals surface area (Å²) >= 11 is 2.30. The van der Waals surface area contributed by atoms with Crippen molar-refractivity contribution in [1.82, 2.24) is 19.5 Å². The minimum Gasteiger partial charge on any atom is -0.372 e. The SMILES string of the molecule is CCc1nc(-c2cncn2C2CC2)nc(NC)c1I. The van der Waals surface area contributed by atoms with E-state index in [2.05, 4.69) is 49.4 Å². The maximum absolute atomic E-state index is 4.69. The van der Waals surface area contributed by atoms with Crippen LogP contribution in [0.2, 0.25) is 0 Å². The molecule has 1 N–H and O–H groups in total. The average molecular weight is 369 g/mol. The summed E-state index contributed by atoms with van der Waals surface area (Å²) < 4.78 is 3.30. The number of aromatic nitrogens is 4. The molecule has 0 bridgehead atoms. The second-order valence-corrected chi connectivity index (χ2v) is 5.76. The van der Waals surface area contributed by atoms with E-state index in [1.165, 1.54) is 12.8 Å². The van der Waals surface area contributed by atoms with E-state index in [0.717, 1.165) is 33.0 Å². The van der Waals surface area contributed by atoms with Crippen LogP contribution in [-0.2, 0) is 6.42 Å². The van der Waals surface area contributed by atoms with E-state index in [0.29, 0.717) is 6.04 Å². The van der Waals surface area contributed by atoms with Crippen LogP contribution in [0.25, 0.3) is 11.5 Å². The number of rotatable bonds is 4. The zero-order chi connectivity index (χ0) is 13.4. The van der Waals surface area contributed by atoms with Gasteiger partial charge in [-0.15, -0.1) is 0 Å². The predicted octanol–water partition coefficient (Wildman–Crippen LogP) is 2.88. The number of hydrogen-bond donors (Lipinski definition) is 1. The third-order valence-electron chi connectivity index (χ3n) is 3.33. The smallest absolute Gasteiger partial charge is 0.180 e. The molecule has 0 aliphatic heterocycles. The second-order valence-electron chi connectivity index (χ2n) is 4.68. The average Bonchev–Trinajstić information content (AvgIpc) is 3.16. The Morgan fingerprint density at radius 1 is 1.42 bits per heavy atom. The van der Waals surface area contributed by atoms with Crippen LogP contribution in [0.4, 0.5) is 5.82 Å². The van der Waals surface area contributed by atoms with Crippen LogP contribution in [0.3, 0.4) is 0 Å². The molecule has 2 heterocycles. The molecule has 19 heavy (non-hydrogen) atoms. The molecule has 1 fully saturated rings. The van der Waals surface area contributed by atoms with Gasteiger partial charge in [0.25, 0.3) is 0 Å². The number of imidazole rings is 1. The number of hydrogen-bond acceptors (Lipinski definition) is 4. The first-order valence-electron chi connectivity index (χ1n) is 6.51. The van der Waals surface area contributed by atoms with Crippen molar-refractivity contribution >= 4 is 28.4 Å². The van der Waals surface area contributed by atoms with Crippen molar-refractivity contribution in [2.75, 3.05) is 12.4 Å². The maximum atomic E-state index is 4.69. The molecule has 6 heteroatoms. The van der Waals surface area contributed by atoms with Crippen LogP contribution in [0, 0.1) is 3.57 Å². The first kappa shape index (κ1) is 12.8. The monoisotopic (exact) mass is 369 g/mol. The van der Waals surface area contributed by atoms with Crippen LogP contribution < -0.4 is 5.32 Å². The highest BCUT2D eigenvalue weighted by atomic mass is 127. The van der Waals surface area contributed by atoms with E-state index >= 15 is 0 Å². The van der Waals surface area contributed by atoms with Crippen LogP contribution in [0.15, 0.2) is 12.5 Å². The fourth-order valence-corrected chi connectivity index (χ4v) is 3.02. The lowest BCUT2D eigenvalue weighted by molar-refractivity contribution is 0.742. The van der Waals surface area contributed by atoms with E-state index in [4.69, 9.17) is 4.98 Å². The van der Waals surface area contributed by atoms with Crippen molar-refractivity contribution < 1.29 is 0 Å². The minimum atomic E-state index is 0.587. The van der Waals surface area contributed by atoms with Gasteiger partial charge in [0.1, 0.15) is 11.5 Å². The van der Waals surface area contributed by atoms with Gasteiger partial charge >= 0.3 is 0 Å². The molecule has 1 aliphatic carbocycles. The zero-order valence-electron chi connectivity index (χ0n) is 11.0. The second kappa shape index (κ2) is 5.07. The lowest BCUT2D eigenvalue weighted by atomic mass is 10.3. The van der Waals surface area contributed by atoms with E-state index in [1.54, 1.807) is 0 Å². The fraction of sp³-hybridized carbons (Fsp3) is 0.462. The summed E-state index contributed by atoms with van der Waals surface area (Å²) in [6, 6.07) is 0.587. The largest absolute Gasteiger partial charge is 0.372 e. The molecule has 100 valence electrons. The summed E-state index contributed by atoms with van der Waals surface area (Å²) in [7, 11) is 1.89. The van der Waals surface area contributed by atoms with Crippen molar-refractivity contribution in [3.63, 3.8) is 0 Å². The van der Waals surface area contributed by atoms with Gasteiger partial charge in [-0.3, -0.25) is 0 Å². The molecular weight excluding hydrogens is 353 g/mol. The predicted molar refractivity (Wildman–Crippen MR) is 83.2 cm³/mol. The van der Waals surface area contributed by atoms with Gasteiger partial charge in [0.2, 0.25) is 0 Å². The molecule has 0 aromatic carbocycles. The molecule has 0 saturated heterocycles. The van der Waals surface area contributed by atoms with Gasteiger partial charge in [0, 0.05) is 13.1 Å². The topological polar surface area (TPSA) is 55.6 Å². The van der Waals surface area contributed by atoms with Gasteiger partial charge in [0.15, 0.2) is 5.82 Å². The Morgan fingerprint density at radius 2 is 2.21 bits per heavy atom. The van der Waals surface area contributed by atoms with Crippen molar-refractivity contribution in [1.29, 1.82) is 0 Å². The Morgan fingerprint density at radius 3 is 2.84 bits per heavy atom. The Bertz CT molecular complexity index is 578. The van der Waals surface area contributed by atoms with Crippen LogP contribution in [-0.4, -0.2) is 26.6 Å². The van der Waals surface area contributed by atoms with Crippen LogP contribution in [0.5, 0.6) is 0 Å². The summed E-state index contributed by atoms with van der Waals surface area (Å²) in [6.07, 6.45) is 7.11. The van der Waals surface area contributed by atoms with Crippen LogP contribution in [0.1, 0.15) is 31.5 Å². The molecule has 0 atom stereocenters. The summed E-state index contributed by atoms with van der Waals surface area (Å²) in [5.41, 5.74) is 2.10. The van der Waals surface area contributed by atoms with Crippen LogP contribution >= 0.6 is 22.6 Å².